The largest absolute Gasteiger partial charge is 0.433 e. The minimum atomic E-state index is -4.55. The lowest BCUT2D eigenvalue weighted by Crippen LogP contribution is -2.13. The molecule has 4 nitrogen and oxygen atoms in total. The Balaban J connectivity index is 3.26. The number of halogens is 3. The highest BCUT2D eigenvalue weighted by molar-refractivity contribution is 7.93. The molecule has 1 aromatic heterocycles. The lowest BCUT2D eigenvalue weighted by Gasteiger charge is -2.16. The standard InChI is InChI=1S/C12H10F3N3OS/c1-3-4-10(20(2,19)18-8-16)9-5-6-11(17-7-9)12(13,14)15/h1,5-7,10H,4H2,2H3. The number of alkyl halides is 3. The van der Waals surface area contributed by atoms with E-state index in [1.165, 1.54) is 12.4 Å². The summed E-state index contributed by atoms with van der Waals surface area (Å²) < 4.78 is 52.8. The van der Waals surface area contributed by atoms with E-state index in [0.717, 1.165) is 18.3 Å². The molecular formula is C12H10F3N3OS. The topological polar surface area (TPSA) is 66.1 Å². The van der Waals surface area contributed by atoms with Crippen LogP contribution in [0.4, 0.5) is 13.2 Å². The molecule has 1 aromatic rings. The molecule has 1 heterocycles. The average molecular weight is 301 g/mol. The molecule has 0 fully saturated rings. The molecule has 0 aliphatic rings. The summed E-state index contributed by atoms with van der Waals surface area (Å²) in [5, 5.41) is 7.66. The van der Waals surface area contributed by atoms with Crippen LogP contribution in [0.15, 0.2) is 22.7 Å². The van der Waals surface area contributed by atoms with E-state index < -0.39 is 26.8 Å². The van der Waals surface area contributed by atoms with Crippen LogP contribution in [0.25, 0.3) is 0 Å². The van der Waals surface area contributed by atoms with Gasteiger partial charge in [0, 0.05) is 18.9 Å². The zero-order valence-electron chi connectivity index (χ0n) is 10.4. The summed E-state index contributed by atoms with van der Waals surface area (Å²) in [5.41, 5.74) is -0.803. The van der Waals surface area contributed by atoms with Crippen LogP contribution in [-0.2, 0) is 15.9 Å². The van der Waals surface area contributed by atoms with Gasteiger partial charge in [-0.05, 0) is 11.6 Å². The van der Waals surface area contributed by atoms with Crippen LogP contribution in [-0.4, -0.2) is 15.4 Å². The Morgan fingerprint density at radius 3 is 2.60 bits per heavy atom. The van der Waals surface area contributed by atoms with E-state index in [1.54, 1.807) is 0 Å². The van der Waals surface area contributed by atoms with E-state index in [9.17, 15) is 17.4 Å². The molecule has 0 bridgehead atoms. The lowest BCUT2D eigenvalue weighted by molar-refractivity contribution is -0.141. The second kappa shape index (κ2) is 5.93. The van der Waals surface area contributed by atoms with Gasteiger partial charge in [-0.15, -0.1) is 16.7 Å². The fraction of sp³-hybridized carbons (Fsp3) is 0.333. The summed E-state index contributed by atoms with van der Waals surface area (Å²) >= 11 is 0. The number of terminal acetylenes is 1. The molecular weight excluding hydrogens is 291 g/mol. The average Bonchev–Trinajstić information content (AvgIpc) is 2.35. The summed E-state index contributed by atoms with van der Waals surface area (Å²) in [6.45, 7) is 0. The molecule has 1 rings (SSSR count). The number of nitrogens with zero attached hydrogens (tertiary/aromatic N) is 3. The van der Waals surface area contributed by atoms with Gasteiger partial charge in [-0.2, -0.15) is 18.4 Å². The molecule has 0 amide bonds. The molecule has 0 aliphatic carbocycles. The van der Waals surface area contributed by atoms with Crippen LogP contribution in [0.1, 0.15) is 22.9 Å². The predicted molar refractivity (Wildman–Crippen MR) is 67.5 cm³/mol. The van der Waals surface area contributed by atoms with Crippen LogP contribution in [0.3, 0.4) is 0 Å². The SMILES string of the molecule is C#CCC(c1ccc(C(F)(F)F)nc1)S(C)(=O)=NC#N. The number of hydrogen-bond acceptors (Lipinski definition) is 4. The van der Waals surface area contributed by atoms with E-state index >= 15 is 0 Å². The molecule has 2 unspecified atom stereocenters. The van der Waals surface area contributed by atoms with Gasteiger partial charge in [-0.3, -0.25) is 4.98 Å². The van der Waals surface area contributed by atoms with Gasteiger partial charge < -0.3 is 0 Å². The molecule has 106 valence electrons. The van der Waals surface area contributed by atoms with Crippen molar-refractivity contribution in [3.63, 3.8) is 0 Å². The van der Waals surface area contributed by atoms with E-state index in [4.69, 9.17) is 11.7 Å². The molecule has 0 saturated carbocycles. The first-order valence-corrected chi connectivity index (χ1v) is 7.26. The number of aromatic nitrogens is 1. The van der Waals surface area contributed by atoms with Gasteiger partial charge >= 0.3 is 6.18 Å². The first kappa shape index (κ1) is 16.0. The zero-order valence-corrected chi connectivity index (χ0v) is 11.2. The second-order valence-electron chi connectivity index (χ2n) is 3.92. The number of hydrogen-bond donors (Lipinski definition) is 0. The van der Waals surface area contributed by atoms with Crippen LogP contribution in [0.5, 0.6) is 0 Å². The quantitative estimate of drug-likeness (QED) is 0.637. The van der Waals surface area contributed by atoms with Gasteiger partial charge in [0.1, 0.15) is 5.69 Å². The van der Waals surface area contributed by atoms with Crippen molar-refractivity contribution in [1.29, 1.82) is 5.26 Å². The van der Waals surface area contributed by atoms with Crippen LogP contribution < -0.4 is 0 Å². The van der Waals surface area contributed by atoms with Crippen molar-refractivity contribution in [2.75, 3.05) is 6.26 Å². The Kier molecular flexibility index (Phi) is 4.74. The molecule has 20 heavy (non-hydrogen) atoms. The van der Waals surface area contributed by atoms with Gasteiger partial charge in [-0.25, -0.2) is 4.21 Å². The summed E-state index contributed by atoms with van der Waals surface area (Å²) in [4.78, 5) is 3.28. The molecule has 0 spiro atoms. The smallest absolute Gasteiger partial charge is 0.251 e. The molecule has 0 saturated heterocycles. The van der Waals surface area contributed by atoms with Gasteiger partial charge in [0.2, 0.25) is 6.19 Å². The number of nitriles is 1. The Bertz CT molecular complexity index is 674. The van der Waals surface area contributed by atoms with Crippen molar-refractivity contribution in [2.24, 2.45) is 4.36 Å². The van der Waals surface area contributed by atoms with E-state index in [0.29, 0.717) is 0 Å². The Morgan fingerprint density at radius 1 is 1.55 bits per heavy atom. The van der Waals surface area contributed by atoms with Crippen molar-refractivity contribution < 1.29 is 17.4 Å². The molecule has 0 aromatic carbocycles. The molecule has 8 heteroatoms. The highest BCUT2D eigenvalue weighted by Gasteiger charge is 2.32. The highest BCUT2D eigenvalue weighted by Crippen LogP contribution is 2.30. The van der Waals surface area contributed by atoms with Crippen molar-refractivity contribution in [1.82, 2.24) is 4.98 Å². The fourth-order valence-electron chi connectivity index (χ4n) is 1.54. The molecule has 0 radical (unpaired) electrons. The third kappa shape index (κ3) is 3.72. The maximum Gasteiger partial charge on any atom is 0.433 e. The summed E-state index contributed by atoms with van der Waals surface area (Å²) in [6, 6.07) is 1.93. The minimum absolute atomic E-state index is 0.0203. The van der Waals surface area contributed by atoms with Crippen LogP contribution >= 0.6 is 0 Å². The van der Waals surface area contributed by atoms with Gasteiger partial charge in [0.15, 0.2) is 0 Å². The normalized spacial score (nSPS) is 15.5. The van der Waals surface area contributed by atoms with E-state index in [2.05, 4.69) is 15.3 Å². The monoisotopic (exact) mass is 301 g/mol. The first-order chi connectivity index (χ1) is 9.22. The third-order valence-electron chi connectivity index (χ3n) is 2.50. The first-order valence-electron chi connectivity index (χ1n) is 5.28. The van der Waals surface area contributed by atoms with Crippen molar-refractivity contribution in [3.05, 3.63) is 29.6 Å². The highest BCUT2D eigenvalue weighted by atomic mass is 32.2. The minimum Gasteiger partial charge on any atom is -0.251 e. The zero-order chi connectivity index (χ0) is 15.4. The van der Waals surface area contributed by atoms with Crippen molar-refractivity contribution in [3.8, 4) is 18.5 Å². The van der Waals surface area contributed by atoms with Crippen LogP contribution in [0, 0.1) is 23.8 Å². The van der Waals surface area contributed by atoms with Crippen LogP contribution in [0.2, 0.25) is 0 Å². The fourth-order valence-corrected chi connectivity index (χ4v) is 2.88. The lowest BCUT2D eigenvalue weighted by atomic mass is 10.1. The number of pyridine rings is 1. The Labute approximate surface area is 114 Å². The maximum absolute atomic E-state index is 12.4. The molecule has 0 N–H and O–H groups in total. The summed E-state index contributed by atoms with van der Waals surface area (Å²) in [6.07, 6.45) is 4.21. The Hall–Kier alpha value is -2.06. The van der Waals surface area contributed by atoms with E-state index in [-0.39, 0.29) is 12.0 Å². The van der Waals surface area contributed by atoms with Gasteiger partial charge in [0.05, 0.1) is 15.0 Å². The number of rotatable bonds is 3. The second-order valence-corrected chi connectivity index (χ2v) is 6.40. The van der Waals surface area contributed by atoms with Gasteiger partial charge in [0.25, 0.3) is 0 Å². The predicted octanol–water partition coefficient (Wildman–Crippen LogP) is 2.74. The van der Waals surface area contributed by atoms with Crippen molar-refractivity contribution in [2.45, 2.75) is 17.8 Å². The molecule has 0 aliphatic heterocycles. The molecule has 2 atom stereocenters. The third-order valence-corrected chi connectivity index (χ3v) is 4.44. The van der Waals surface area contributed by atoms with Gasteiger partial charge in [-0.1, -0.05) is 6.07 Å². The Morgan fingerprint density at radius 2 is 2.20 bits per heavy atom. The summed E-state index contributed by atoms with van der Waals surface area (Å²) in [7, 11) is -2.99. The van der Waals surface area contributed by atoms with E-state index in [1.807, 2.05) is 0 Å². The summed E-state index contributed by atoms with van der Waals surface area (Å²) in [5.74, 6) is 2.28. The van der Waals surface area contributed by atoms with Crippen molar-refractivity contribution >= 4 is 9.73 Å². The maximum atomic E-state index is 12.4.